The van der Waals surface area contributed by atoms with E-state index in [0.29, 0.717) is 12.8 Å². The highest BCUT2D eigenvalue weighted by molar-refractivity contribution is 5.70. The molecule has 5 nitrogen and oxygen atoms in total. The lowest BCUT2D eigenvalue weighted by atomic mass is 10.0. The van der Waals surface area contributed by atoms with Crippen molar-refractivity contribution in [3.05, 3.63) is 47.8 Å². The number of esters is 1. The maximum atomic E-state index is 11.8. The zero-order valence-electron chi connectivity index (χ0n) is 14.1. The molecule has 0 aliphatic carbocycles. The van der Waals surface area contributed by atoms with E-state index in [-0.39, 0.29) is 5.97 Å². The van der Waals surface area contributed by atoms with Crippen LogP contribution in [0.15, 0.2) is 36.7 Å². The monoisotopic (exact) mass is 316 g/mol. The Morgan fingerprint density at radius 3 is 2.70 bits per heavy atom. The molecule has 0 saturated heterocycles. The summed E-state index contributed by atoms with van der Waals surface area (Å²) in [5, 5.41) is 14.2. The summed E-state index contributed by atoms with van der Waals surface area (Å²) >= 11 is 0. The quantitative estimate of drug-likeness (QED) is 0.860. The van der Waals surface area contributed by atoms with Gasteiger partial charge in [0.1, 0.15) is 5.60 Å². The average molecular weight is 316 g/mol. The fourth-order valence-electron chi connectivity index (χ4n) is 2.35. The summed E-state index contributed by atoms with van der Waals surface area (Å²) in [6, 6.07) is 7.63. The molecule has 1 atom stereocenters. The lowest BCUT2D eigenvalue weighted by Crippen LogP contribution is -2.24. The second kappa shape index (κ2) is 6.96. The Morgan fingerprint density at radius 1 is 1.39 bits per heavy atom. The van der Waals surface area contributed by atoms with Crippen LogP contribution in [0.1, 0.15) is 51.3 Å². The molecule has 0 aliphatic heterocycles. The average Bonchev–Trinajstić information content (AvgIpc) is 2.97. The minimum Gasteiger partial charge on any atom is -0.460 e. The first kappa shape index (κ1) is 17.2. The van der Waals surface area contributed by atoms with Crippen LogP contribution in [-0.2, 0) is 16.0 Å². The van der Waals surface area contributed by atoms with E-state index in [1.807, 2.05) is 51.2 Å². The highest BCUT2D eigenvalue weighted by Gasteiger charge is 2.17. The molecule has 1 N–H and O–H groups in total. The number of aliphatic hydroxyl groups is 1. The van der Waals surface area contributed by atoms with Crippen LogP contribution < -0.4 is 0 Å². The van der Waals surface area contributed by atoms with Crippen LogP contribution in [0.5, 0.6) is 0 Å². The number of aryl methyl sites for hydroxylation is 1. The standard InChI is InChI=1S/C18H24N2O3/c1-13(21)15-12-14(7-9-17(22)23-18(2,3)4)6-8-16(15)20-11-5-10-19-20/h5-6,8,10-13,21H,7,9H2,1-4H3/t13-/m1/s1. The summed E-state index contributed by atoms with van der Waals surface area (Å²) in [6.45, 7) is 7.29. The Labute approximate surface area is 136 Å². The fourth-order valence-corrected chi connectivity index (χ4v) is 2.35. The summed E-state index contributed by atoms with van der Waals surface area (Å²) < 4.78 is 7.04. The molecule has 1 aromatic heterocycles. The SMILES string of the molecule is C[C@@H](O)c1cc(CCC(=O)OC(C)(C)C)ccc1-n1cccn1. The van der Waals surface area contributed by atoms with Crippen LogP contribution in [0.25, 0.3) is 5.69 Å². The van der Waals surface area contributed by atoms with Gasteiger partial charge in [0.05, 0.1) is 11.8 Å². The number of ether oxygens (including phenoxy) is 1. The van der Waals surface area contributed by atoms with E-state index < -0.39 is 11.7 Å². The number of rotatable bonds is 5. The molecule has 1 aromatic carbocycles. The largest absolute Gasteiger partial charge is 0.460 e. The van der Waals surface area contributed by atoms with Gasteiger partial charge in [0.2, 0.25) is 0 Å². The van der Waals surface area contributed by atoms with Gasteiger partial charge in [-0.1, -0.05) is 12.1 Å². The van der Waals surface area contributed by atoms with Gasteiger partial charge in [-0.05, 0) is 51.8 Å². The van der Waals surface area contributed by atoms with Crippen LogP contribution >= 0.6 is 0 Å². The summed E-state index contributed by atoms with van der Waals surface area (Å²) in [4.78, 5) is 11.8. The number of benzene rings is 1. The molecule has 0 bridgehead atoms. The predicted octanol–water partition coefficient (Wildman–Crippen LogP) is 3.20. The van der Waals surface area contributed by atoms with Crippen molar-refractivity contribution in [2.24, 2.45) is 0 Å². The summed E-state index contributed by atoms with van der Waals surface area (Å²) in [5.74, 6) is -0.216. The Morgan fingerprint density at radius 2 is 2.13 bits per heavy atom. The normalized spacial score (nSPS) is 12.9. The number of nitrogens with zero attached hydrogens (tertiary/aromatic N) is 2. The minimum absolute atomic E-state index is 0.216. The van der Waals surface area contributed by atoms with Crippen LogP contribution in [0.3, 0.4) is 0 Å². The first-order chi connectivity index (χ1) is 10.8. The van der Waals surface area contributed by atoms with Gasteiger partial charge in [0, 0.05) is 24.4 Å². The molecular weight excluding hydrogens is 292 g/mol. The van der Waals surface area contributed by atoms with Crippen molar-refractivity contribution in [1.82, 2.24) is 9.78 Å². The molecule has 0 radical (unpaired) electrons. The molecule has 1 heterocycles. The number of aromatic nitrogens is 2. The van der Waals surface area contributed by atoms with Crippen molar-refractivity contribution in [2.75, 3.05) is 0 Å². The van der Waals surface area contributed by atoms with Gasteiger partial charge in [-0.3, -0.25) is 4.79 Å². The minimum atomic E-state index is -0.615. The first-order valence-corrected chi connectivity index (χ1v) is 7.79. The lowest BCUT2D eigenvalue weighted by Gasteiger charge is -2.19. The second-order valence-electron chi connectivity index (χ2n) is 6.61. The lowest BCUT2D eigenvalue weighted by molar-refractivity contribution is -0.154. The van der Waals surface area contributed by atoms with Crippen molar-refractivity contribution in [2.45, 2.75) is 52.2 Å². The van der Waals surface area contributed by atoms with Crippen LogP contribution in [-0.4, -0.2) is 26.5 Å². The fraction of sp³-hybridized carbons (Fsp3) is 0.444. The summed E-state index contributed by atoms with van der Waals surface area (Å²) in [5.41, 5.74) is 2.15. The van der Waals surface area contributed by atoms with E-state index >= 15 is 0 Å². The molecule has 0 spiro atoms. The maximum absolute atomic E-state index is 11.8. The van der Waals surface area contributed by atoms with Crippen molar-refractivity contribution in [3.8, 4) is 5.69 Å². The zero-order chi connectivity index (χ0) is 17.0. The molecule has 23 heavy (non-hydrogen) atoms. The van der Waals surface area contributed by atoms with Gasteiger partial charge in [0.25, 0.3) is 0 Å². The van der Waals surface area contributed by atoms with Crippen molar-refractivity contribution in [3.63, 3.8) is 0 Å². The molecule has 2 rings (SSSR count). The molecule has 0 saturated carbocycles. The third kappa shape index (κ3) is 4.93. The van der Waals surface area contributed by atoms with E-state index in [1.54, 1.807) is 17.8 Å². The number of hydrogen-bond donors (Lipinski definition) is 1. The van der Waals surface area contributed by atoms with E-state index in [4.69, 9.17) is 4.74 Å². The molecule has 124 valence electrons. The molecule has 2 aromatic rings. The summed E-state index contributed by atoms with van der Waals surface area (Å²) in [7, 11) is 0. The van der Waals surface area contributed by atoms with Crippen LogP contribution in [0.4, 0.5) is 0 Å². The highest BCUT2D eigenvalue weighted by atomic mass is 16.6. The van der Waals surface area contributed by atoms with E-state index in [1.165, 1.54) is 0 Å². The predicted molar refractivity (Wildman–Crippen MR) is 88.4 cm³/mol. The molecule has 0 amide bonds. The third-order valence-corrected chi connectivity index (χ3v) is 3.33. The van der Waals surface area contributed by atoms with Gasteiger partial charge < -0.3 is 9.84 Å². The Hall–Kier alpha value is -2.14. The van der Waals surface area contributed by atoms with E-state index in [9.17, 15) is 9.90 Å². The van der Waals surface area contributed by atoms with Gasteiger partial charge in [0.15, 0.2) is 0 Å². The Kier molecular flexibility index (Phi) is 5.21. The zero-order valence-corrected chi connectivity index (χ0v) is 14.1. The second-order valence-corrected chi connectivity index (χ2v) is 6.61. The Balaban J connectivity index is 2.12. The van der Waals surface area contributed by atoms with E-state index in [0.717, 1.165) is 16.8 Å². The van der Waals surface area contributed by atoms with E-state index in [2.05, 4.69) is 5.10 Å². The maximum Gasteiger partial charge on any atom is 0.306 e. The number of carbonyl (C=O) groups is 1. The van der Waals surface area contributed by atoms with Gasteiger partial charge >= 0.3 is 5.97 Å². The van der Waals surface area contributed by atoms with Crippen molar-refractivity contribution >= 4 is 5.97 Å². The highest BCUT2D eigenvalue weighted by Crippen LogP contribution is 2.23. The topological polar surface area (TPSA) is 64.3 Å². The molecule has 5 heteroatoms. The molecule has 0 fully saturated rings. The number of hydrogen-bond acceptors (Lipinski definition) is 4. The molecule has 0 unspecified atom stereocenters. The number of carbonyl (C=O) groups excluding carboxylic acids is 1. The van der Waals surface area contributed by atoms with Gasteiger partial charge in [-0.2, -0.15) is 5.10 Å². The van der Waals surface area contributed by atoms with Gasteiger partial charge in [-0.15, -0.1) is 0 Å². The smallest absolute Gasteiger partial charge is 0.306 e. The van der Waals surface area contributed by atoms with Crippen LogP contribution in [0.2, 0.25) is 0 Å². The van der Waals surface area contributed by atoms with Crippen LogP contribution in [0, 0.1) is 0 Å². The number of aliphatic hydroxyl groups excluding tert-OH is 1. The molecular formula is C18H24N2O3. The first-order valence-electron chi connectivity index (χ1n) is 7.79. The third-order valence-electron chi connectivity index (χ3n) is 3.33. The van der Waals surface area contributed by atoms with Gasteiger partial charge in [-0.25, -0.2) is 4.68 Å². The van der Waals surface area contributed by atoms with Crippen molar-refractivity contribution < 1.29 is 14.6 Å². The van der Waals surface area contributed by atoms with Crippen molar-refractivity contribution in [1.29, 1.82) is 0 Å². The Bertz CT molecular complexity index is 655. The summed E-state index contributed by atoms with van der Waals surface area (Å²) in [6.07, 6.45) is 3.81. The molecule has 0 aliphatic rings.